The van der Waals surface area contributed by atoms with Crippen molar-refractivity contribution in [1.82, 2.24) is 10.2 Å². The van der Waals surface area contributed by atoms with Crippen LogP contribution in [0.2, 0.25) is 0 Å². The molecule has 1 aliphatic carbocycles. The Morgan fingerprint density at radius 1 is 1.00 bits per heavy atom. The van der Waals surface area contributed by atoms with E-state index in [1.54, 1.807) is 0 Å². The zero-order valence-corrected chi connectivity index (χ0v) is 13.2. The lowest BCUT2D eigenvalue weighted by Crippen LogP contribution is -2.49. The molecule has 0 spiro atoms. The van der Waals surface area contributed by atoms with Gasteiger partial charge in [0.05, 0.1) is 0 Å². The van der Waals surface area contributed by atoms with Crippen molar-refractivity contribution in [1.29, 1.82) is 0 Å². The molecule has 2 aliphatic rings. The zero-order valence-electron chi connectivity index (χ0n) is 13.2. The first-order valence-electron chi connectivity index (χ1n) is 8.75. The van der Waals surface area contributed by atoms with E-state index in [0.29, 0.717) is 0 Å². The van der Waals surface area contributed by atoms with E-state index in [4.69, 9.17) is 0 Å². The summed E-state index contributed by atoms with van der Waals surface area (Å²) in [5.74, 6) is 1.03. The summed E-state index contributed by atoms with van der Waals surface area (Å²) >= 11 is 0. The number of piperidine rings is 1. The number of nitrogens with zero attached hydrogens (tertiary/aromatic N) is 1. The summed E-state index contributed by atoms with van der Waals surface area (Å²) in [6, 6.07) is 1.70. The molecule has 0 aromatic carbocycles. The third-order valence-electron chi connectivity index (χ3n) is 5.34. The Balaban J connectivity index is 1.88. The van der Waals surface area contributed by atoms with E-state index in [9.17, 15) is 0 Å². The maximum absolute atomic E-state index is 3.41. The minimum absolute atomic E-state index is 0.812. The molecule has 1 aliphatic heterocycles. The Bertz CT molecular complexity index is 239. The molecule has 2 rings (SSSR count). The molecule has 1 heterocycles. The van der Waals surface area contributed by atoms with Crippen molar-refractivity contribution in [2.45, 2.75) is 83.2 Å². The highest BCUT2D eigenvalue weighted by atomic mass is 15.2. The quantitative estimate of drug-likeness (QED) is 0.761. The van der Waals surface area contributed by atoms with Gasteiger partial charge in [0.15, 0.2) is 0 Å². The standard InChI is InChI=1S/C17H34N2/c1-3-7-15-8-6-10-16(12-11-15)19-13-5-4-9-17(19)14-18-2/h15-18H,3-14H2,1-2H3. The molecule has 1 N–H and O–H groups in total. The number of hydrogen-bond acceptors (Lipinski definition) is 2. The fourth-order valence-electron chi connectivity index (χ4n) is 4.35. The molecule has 2 heteroatoms. The number of likely N-dealkylation sites (tertiary alicyclic amines) is 1. The molecule has 0 radical (unpaired) electrons. The Morgan fingerprint density at radius 2 is 1.89 bits per heavy atom. The van der Waals surface area contributed by atoms with Gasteiger partial charge in [0.25, 0.3) is 0 Å². The highest BCUT2D eigenvalue weighted by Gasteiger charge is 2.29. The van der Waals surface area contributed by atoms with Crippen LogP contribution in [0.1, 0.15) is 71.1 Å². The van der Waals surface area contributed by atoms with Crippen LogP contribution in [0.3, 0.4) is 0 Å². The Hall–Kier alpha value is -0.0800. The van der Waals surface area contributed by atoms with Crippen LogP contribution < -0.4 is 5.32 Å². The summed E-state index contributed by atoms with van der Waals surface area (Å²) in [6.07, 6.45) is 14.5. The first-order valence-corrected chi connectivity index (χ1v) is 8.75. The van der Waals surface area contributed by atoms with Crippen LogP contribution in [0.25, 0.3) is 0 Å². The van der Waals surface area contributed by atoms with Gasteiger partial charge in [0.2, 0.25) is 0 Å². The van der Waals surface area contributed by atoms with E-state index in [1.165, 1.54) is 77.3 Å². The predicted molar refractivity (Wildman–Crippen MR) is 83.5 cm³/mol. The molecule has 2 fully saturated rings. The average molecular weight is 266 g/mol. The van der Waals surface area contributed by atoms with E-state index in [1.807, 2.05) is 0 Å². The average Bonchev–Trinajstić information content (AvgIpc) is 2.66. The van der Waals surface area contributed by atoms with Crippen LogP contribution in [0.4, 0.5) is 0 Å². The molecule has 1 saturated carbocycles. The van der Waals surface area contributed by atoms with Crippen molar-refractivity contribution in [2.75, 3.05) is 20.1 Å². The maximum atomic E-state index is 3.41. The summed E-state index contributed by atoms with van der Waals surface area (Å²) in [5, 5.41) is 3.41. The van der Waals surface area contributed by atoms with Gasteiger partial charge >= 0.3 is 0 Å². The third-order valence-corrected chi connectivity index (χ3v) is 5.34. The van der Waals surface area contributed by atoms with Crippen molar-refractivity contribution >= 4 is 0 Å². The highest BCUT2D eigenvalue weighted by Crippen LogP contribution is 2.31. The van der Waals surface area contributed by atoms with Crippen molar-refractivity contribution < 1.29 is 0 Å². The van der Waals surface area contributed by atoms with Gasteiger partial charge in [-0.1, -0.05) is 39.0 Å². The van der Waals surface area contributed by atoms with Gasteiger partial charge in [0.1, 0.15) is 0 Å². The summed E-state index contributed by atoms with van der Waals surface area (Å²) in [6.45, 7) is 4.89. The maximum Gasteiger partial charge on any atom is 0.0223 e. The minimum Gasteiger partial charge on any atom is -0.318 e. The van der Waals surface area contributed by atoms with E-state index < -0.39 is 0 Å². The topological polar surface area (TPSA) is 15.3 Å². The minimum atomic E-state index is 0.812. The van der Waals surface area contributed by atoms with Gasteiger partial charge in [-0.15, -0.1) is 0 Å². The van der Waals surface area contributed by atoms with Gasteiger partial charge in [-0.2, -0.15) is 0 Å². The lowest BCUT2D eigenvalue weighted by molar-refractivity contribution is 0.0849. The Labute approximate surface area is 120 Å². The number of likely N-dealkylation sites (N-methyl/N-ethyl adjacent to an activating group) is 1. The Kier molecular flexibility index (Phi) is 6.66. The molecule has 1 saturated heterocycles. The van der Waals surface area contributed by atoms with E-state index in [2.05, 4.69) is 24.2 Å². The lowest BCUT2D eigenvalue weighted by atomic mass is 9.94. The first kappa shape index (κ1) is 15.3. The summed E-state index contributed by atoms with van der Waals surface area (Å²) in [7, 11) is 2.11. The summed E-state index contributed by atoms with van der Waals surface area (Å²) in [5.41, 5.74) is 0. The molecule has 3 unspecified atom stereocenters. The fourth-order valence-corrected chi connectivity index (χ4v) is 4.35. The summed E-state index contributed by atoms with van der Waals surface area (Å²) < 4.78 is 0. The van der Waals surface area contributed by atoms with Gasteiger partial charge in [-0.25, -0.2) is 0 Å². The largest absolute Gasteiger partial charge is 0.318 e. The zero-order chi connectivity index (χ0) is 13.5. The SMILES string of the molecule is CCCC1CCCC(N2CCCCC2CNC)CC1. The number of rotatable bonds is 5. The molecule has 112 valence electrons. The molecule has 0 aromatic heterocycles. The normalized spacial score (nSPS) is 34.1. The van der Waals surface area contributed by atoms with Gasteiger partial charge < -0.3 is 5.32 Å². The molecular weight excluding hydrogens is 232 g/mol. The fraction of sp³-hybridized carbons (Fsp3) is 1.00. The van der Waals surface area contributed by atoms with Crippen LogP contribution in [0, 0.1) is 5.92 Å². The molecule has 3 atom stereocenters. The smallest absolute Gasteiger partial charge is 0.0223 e. The molecule has 2 nitrogen and oxygen atoms in total. The second-order valence-electron chi connectivity index (χ2n) is 6.76. The van der Waals surface area contributed by atoms with Gasteiger partial charge in [-0.05, 0) is 51.6 Å². The van der Waals surface area contributed by atoms with E-state index in [-0.39, 0.29) is 0 Å². The first-order chi connectivity index (χ1) is 9.35. The van der Waals surface area contributed by atoms with Crippen LogP contribution in [-0.2, 0) is 0 Å². The molecule has 0 bridgehead atoms. The lowest BCUT2D eigenvalue weighted by Gasteiger charge is -2.41. The summed E-state index contributed by atoms with van der Waals surface area (Å²) in [4.78, 5) is 2.87. The van der Waals surface area contributed by atoms with Crippen molar-refractivity contribution in [3.05, 3.63) is 0 Å². The van der Waals surface area contributed by atoms with Gasteiger partial charge in [0, 0.05) is 18.6 Å². The highest BCUT2D eigenvalue weighted by molar-refractivity contribution is 4.86. The molecular formula is C17H34N2. The number of hydrogen-bond donors (Lipinski definition) is 1. The van der Waals surface area contributed by atoms with Crippen molar-refractivity contribution in [3.63, 3.8) is 0 Å². The third kappa shape index (κ3) is 4.46. The predicted octanol–water partition coefficient (Wildman–Crippen LogP) is 3.81. The van der Waals surface area contributed by atoms with Crippen LogP contribution in [0.5, 0.6) is 0 Å². The van der Waals surface area contributed by atoms with Crippen LogP contribution in [-0.4, -0.2) is 37.1 Å². The van der Waals surface area contributed by atoms with E-state index >= 15 is 0 Å². The molecule has 0 amide bonds. The van der Waals surface area contributed by atoms with Crippen molar-refractivity contribution in [3.8, 4) is 0 Å². The van der Waals surface area contributed by atoms with Crippen LogP contribution in [0.15, 0.2) is 0 Å². The second kappa shape index (κ2) is 8.26. The molecule has 0 aromatic rings. The Morgan fingerprint density at radius 3 is 2.68 bits per heavy atom. The van der Waals surface area contributed by atoms with E-state index in [0.717, 1.165) is 18.0 Å². The molecule has 19 heavy (non-hydrogen) atoms. The van der Waals surface area contributed by atoms with Gasteiger partial charge in [-0.3, -0.25) is 4.90 Å². The number of nitrogens with one attached hydrogen (secondary N) is 1. The van der Waals surface area contributed by atoms with Crippen molar-refractivity contribution in [2.24, 2.45) is 5.92 Å². The van der Waals surface area contributed by atoms with Crippen LogP contribution >= 0.6 is 0 Å². The second-order valence-corrected chi connectivity index (χ2v) is 6.76. The monoisotopic (exact) mass is 266 g/mol.